The van der Waals surface area contributed by atoms with Gasteiger partial charge in [-0.25, -0.2) is 4.79 Å². The van der Waals surface area contributed by atoms with Crippen LogP contribution in [-0.4, -0.2) is 85.8 Å². The first-order chi connectivity index (χ1) is 17.2. The molecule has 0 aromatic carbocycles. The van der Waals surface area contributed by atoms with Crippen LogP contribution in [0, 0.1) is 0 Å². The number of halogens is 3. The standard InChI is InChI=1S/C24H42Cl3NO8/c1-5-7-8-9-10-11-17(32-4)12-14-33-21-19(28-23(30)35-16-24(25,26)27)22(34-13-6-2)36-18(15-31-3)20(21)29/h6,13,17-22,29H,5,7-12,14-16H2,1-4H3,(H,28,30)/b13-6-/t17-,18-,19-,20-,21?,22+/m1/s1. The van der Waals surface area contributed by atoms with E-state index in [0.29, 0.717) is 6.42 Å². The fraction of sp³-hybridized carbons (Fsp3) is 0.875. The van der Waals surface area contributed by atoms with Gasteiger partial charge in [0.15, 0.2) is 0 Å². The van der Waals surface area contributed by atoms with Crippen LogP contribution in [-0.2, 0) is 28.4 Å². The third-order valence-electron chi connectivity index (χ3n) is 5.72. The second-order valence-corrected chi connectivity index (χ2v) is 11.2. The summed E-state index contributed by atoms with van der Waals surface area (Å²) in [5, 5.41) is 13.6. The highest BCUT2D eigenvalue weighted by atomic mass is 35.6. The molecule has 1 aliphatic heterocycles. The first-order valence-corrected chi connectivity index (χ1v) is 13.5. The quantitative estimate of drug-likeness (QED) is 0.143. The van der Waals surface area contributed by atoms with Gasteiger partial charge >= 0.3 is 6.09 Å². The van der Waals surface area contributed by atoms with Crippen LogP contribution in [0.2, 0.25) is 0 Å². The number of aliphatic hydroxyl groups excluding tert-OH is 1. The van der Waals surface area contributed by atoms with Crippen LogP contribution >= 0.6 is 34.8 Å². The van der Waals surface area contributed by atoms with E-state index in [2.05, 4.69) is 12.2 Å². The molecule has 9 nitrogen and oxygen atoms in total. The van der Waals surface area contributed by atoms with Gasteiger partial charge in [-0.15, -0.1) is 0 Å². The smallest absolute Gasteiger partial charge is 0.407 e. The number of carbonyl (C=O) groups is 1. The van der Waals surface area contributed by atoms with Crippen molar-refractivity contribution in [2.75, 3.05) is 34.0 Å². The van der Waals surface area contributed by atoms with Crippen molar-refractivity contribution in [2.45, 2.75) is 99.3 Å². The number of amides is 1. The zero-order valence-electron chi connectivity index (χ0n) is 21.6. The minimum atomic E-state index is -1.77. The van der Waals surface area contributed by atoms with E-state index in [4.69, 9.17) is 63.2 Å². The molecule has 1 heterocycles. The molecule has 0 radical (unpaired) electrons. The predicted octanol–water partition coefficient (Wildman–Crippen LogP) is 4.88. The maximum absolute atomic E-state index is 12.4. The van der Waals surface area contributed by atoms with Crippen molar-refractivity contribution in [3.8, 4) is 0 Å². The number of alkyl carbamates (subject to hydrolysis) is 1. The minimum absolute atomic E-state index is 0.0223. The molecule has 6 atom stereocenters. The van der Waals surface area contributed by atoms with Crippen LogP contribution < -0.4 is 5.32 Å². The highest BCUT2D eigenvalue weighted by Crippen LogP contribution is 2.28. The van der Waals surface area contributed by atoms with Crippen LogP contribution in [0.4, 0.5) is 4.79 Å². The molecule has 1 aliphatic rings. The zero-order chi connectivity index (χ0) is 27.0. The summed E-state index contributed by atoms with van der Waals surface area (Å²) in [7, 11) is 3.18. The summed E-state index contributed by atoms with van der Waals surface area (Å²) >= 11 is 17.0. The van der Waals surface area contributed by atoms with Crippen molar-refractivity contribution in [1.82, 2.24) is 5.32 Å². The number of ether oxygens (including phenoxy) is 6. The van der Waals surface area contributed by atoms with Gasteiger partial charge in [-0.2, -0.15) is 0 Å². The molecule has 0 aromatic heterocycles. The number of hydrogen-bond acceptors (Lipinski definition) is 8. The molecular weight excluding hydrogens is 537 g/mol. The summed E-state index contributed by atoms with van der Waals surface area (Å²) in [6.45, 7) is 3.87. The molecule has 1 saturated heterocycles. The molecule has 0 aliphatic carbocycles. The Bertz CT molecular complexity index is 623. The van der Waals surface area contributed by atoms with Crippen LogP contribution in [0.5, 0.6) is 0 Å². The number of methoxy groups -OCH3 is 2. The molecular formula is C24H42Cl3NO8. The van der Waals surface area contributed by atoms with E-state index in [0.717, 1.165) is 19.3 Å². The van der Waals surface area contributed by atoms with Gasteiger partial charge in [-0.3, -0.25) is 0 Å². The van der Waals surface area contributed by atoms with Gasteiger partial charge < -0.3 is 38.8 Å². The number of alkyl halides is 3. The Morgan fingerprint density at radius 3 is 2.50 bits per heavy atom. The van der Waals surface area contributed by atoms with Crippen molar-refractivity contribution < 1.29 is 38.3 Å². The van der Waals surface area contributed by atoms with E-state index in [1.807, 2.05) is 0 Å². The Morgan fingerprint density at radius 2 is 1.89 bits per heavy atom. The van der Waals surface area contributed by atoms with Crippen LogP contribution in [0.3, 0.4) is 0 Å². The summed E-state index contributed by atoms with van der Waals surface area (Å²) in [5.41, 5.74) is 0. The number of nitrogens with one attached hydrogen (secondary N) is 1. The molecule has 36 heavy (non-hydrogen) atoms. The molecule has 2 N–H and O–H groups in total. The molecule has 12 heteroatoms. The molecule has 212 valence electrons. The zero-order valence-corrected chi connectivity index (χ0v) is 23.9. The summed E-state index contributed by atoms with van der Waals surface area (Å²) < 4.78 is 31.6. The van der Waals surface area contributed by atoms with E-state index in [9.17, 15) is 9.90 Å². The van der Waals surface area contributed by atoms with E-state index >= 15 is 0 Å². The Kier molecular flexibility index (Phi) is 17.4. The molecule has 1 fully saturated rings. The van der Waals surface area contributed by atoms with E-state index < -0.39 is 47.1 Å². The molecule has 1 unspecified atom stereocenters. The molecule has 0 saturated carbocycles. The fourth-order valence-corrected chi connectivity index (χ4v) is 4.02. The summed E-state index contributed by atoms with van der Waals surface area (Å²) in [5.74, 6) is 0. The van der Waals surface area contributed by atoms with Gasteiger partial charge in [-0.05, 0) is 19.8 Å². The Labute approximate surface area is 230 Å². The van der Waals surface area contributed by atoms with Crippen LogP contribution in [0.15, 0.2) is 12.3 Å². The van der Waals surface area contributed by atoms with Crippen molar-refractivity contribution in [3.05, 3.63) is 12.3 Å². The number of rotatable bonds is 17. The molecule has 0 spiro atoms. The average Bonchev–Trinajstić information content (AvgIpc) is 2.83. The number of hydrogen-bond donors (Lipinski definition) is 2. The normalized spacial score (nSPS) is 25.6. The fourth-order valence-electron chi connectivity index (χ4n) is 3.86. The second kappa shape index (κ2) is 18.7. The number of allylic oxidation sites excluding steroid dienone is 1. The minimum Gasteiger partial charge on any atom is -0.471 e. The largest absolute Gasteiger partial charge is 0.471 e. The maximum Gasteiger partial charge on any atom is 0.407 e. The van der Waals surface area contributed by atoms with E-state index in [1.165, 1.54) is 32.6 Å². The third kappa shape index (κ3) is 13.3. The van der Waals surface area contributed by atoms with Crippen molar-refractivity contribution in [2.24, 2.45) is 0 Å². The molecule has 1 rings (SSSR count). The van der Waals surface area contributed by atoms with Gasteiger partial charge in [0.05, 0.1) is 19.0 Å². The highest BCUT2D eigenvalue weighted by molar-refractivity contribution is 6.67. The molecule has 0 aromatic rings. The summed E-state index contributed by atoms with van der Waals surface area (Å²) in [6, 6.07) is -0.928. The van der Waals surface area contributed by atoms with Crippen molar-refractivity contribution in [3.63, 3.8) is 0 Å². The van der Waals surface area contributed by atoms with Gasteiger partial charge in [0, 0.05) is 20.8 Å². The number of unbranched alkanes of at least 4 members (excludes halogenated alkanes) is 4. The Hall–Kier alpha value is -0.520. The maximum atomic E-state index is 12.4. The lowest BCUT2D eigenvalue weighted by Gasteiger charge is -2.43. The lowest BCUT2D eigenvalue weighted by Crippen LogP contribution is -2.65. The van der Waals surface area contributed by atoms with Gasteiger partial charge in [0.2, 0.25) is 10.1 Å². The van der Waals surface area contributed by atoms with Crippen LogP contribution in [0.25, 0.3) is 0 Å². The number of aliphatic hydroxyl groups is 1. The summed E-state index contributed by atoms with van der Waals surface area (Å²) in [6.07, 6.45) is 5.91. The van der Waals surface area contributed by atoms with Crippen molar-refractivity contribution >= 4 is 40.9 Å². The van der Waals surface area contributed by atoms with Crippen LogP contribution in [0.1, 0.15) is 58.8 Å². The second-order valence-electron chi connectivity index (χ2n) is 8.64. The third-order valence-corrected chi connectivity index (χ3v) is 6.05. The summed E-state index contributed by atoms with van der Waals surface area (Å²) in [4.78, 5) is 12.4. The van der Waals surface area contributed by atoms with E-state index in [1.54, 1.807) is 20.1 Å². The lowest BCUT2D eigenvalue weighted by molar-refractivity contribution is -0.264. The van der Waals surface area contributed by atoms with Gasteiger partial charge in [0.25, 0.3) is 0 Å². The SMILES string of the molecule is C/C=C\O[C@H]1O[C@H](COC)[C@@H](O)C(OCC[C@@H](CCCCCCC)OC)[C@H]1NC(=O)OCC(Cl)(Cl)Cl. The molecule has 1 amide bonds. The monoisotopic (exact) mass is 577 g/mol. The highest BCUT2D eigenvalue weighted by Gasteiger charge is 2.48. The van der Waals surface area contributed by atoms with E-state index in [-0.39, 0.29) is 19.3 Å². The Morgan fingerprint density at radius 1 is 1.17 bits per heavy atom. The molecule has 0 bridgehead atoms. The number of carbonyl (C=O) groups excluding carboxylic acids is 1. The topological polar surface area (TPSA) is 105 Å². The average molecular weight is 579 g/mol. The van der Waals surface area contributed by atoms with Gasteiger partial charge in [0.1, 0.15) is 31.0 Å². The predicted molar refractivity (Wildman–Crippen MR) is 140 cm³/mol. The van der Waals surface area contributed by atoms with Crippen molar-refractivity contribution in [1.29, 1.82) is 0 Å². The lowest BCUT2D eigenvalue weighted by atomic mass is 9.96. The first-order valence-electron chi connectivity index (χ1n) is 12.4. The first kappa shape index (κ1) is 33.5. The van der Waals surface area contributed by atoms with Gasteiger partial charge in [-0.1, -0.05) is 79.9 Å². The Balaban J connectivity index is 2.88.